The molecule has 0 spiro atoms. The van der Waals surface area contributed by atoms with E-state index in [0.717, 1.165) is 22.8 Å². The Labute approximate surface area is 203 Å². The highest BCUT2D eigenvalue weighted by Crippen LogP contribution is 2.52. The molecule has 0 aliphatic heterocycles. The first-order chi connectivity index (χ1) is 16.4. The minimum Gasteiger partial charge on any atom is -0.507 e. The molecule has 4 aromatic rings. The van der Waals surface area contributed by atoms with Gasteiger partial charge in [0.15, 0.2) is 0 Å². The van der Waals surface area contributed by atoms with Gasteiger partial charge in [0, 0.05) is 10.8 Å². The van der Waals surface area contributed by atoms with Crippen LogP contribution in [0.25, 0.3) is 21.9 Å². The van der Waals surface area contributed by atoms with Crippen molar-refractivity contribution in [2.45, 2.75) is 39.5 Å². The number of fused-ring (bicyclic) bond motifs is 2. The van der Waals surface area contributed by atoms with Crippen LogP contribution in [0.5, 0.6) is 5.75 Å². The van der Waals surface area contributed by atoms with E-state index in [2.05, 4.69) is 107 Å². The molecule has 0 saturated carbocycles. The number of hydrogen-bond acceptors (Lipinski definition) is 1. The lowest BCUT2D eigenvalue weighted by molar-refractivity contribution is 0.217. The molecule has 170 valence electrons. The summed E-state index contributed by atoms with van der Waals surface area (Å²) in [6.45, 7) is 9.40. The number of phenolic OH excluding ortho intramolecular Hbond substituents is 1. The molecule has 5 rings (SSSR count). The third kappa shape index (κ3) is 3.39. The van der Waals surface area contributed by atoms with Crippen LogP contribution in [0.3, 0.4) is 0 Å². The van der Waals surface area contributed by atoms with E-state index in [-0.39, 0.29) is 10.8 Å². The van der Waals surface area contributed by atoms with Crippen LogP contribution in [-0.2, 0) is 5.41 Å². The van der Waals surface area contributed by atoms with Gasteiger partial charge in [-0.2, -0.15) is 0 Å². The number of hydrogen-bond donors (Lipinski definition) is 1. The zero-order valence-corrected chi connectivity index (χ0v) is 20.5. The van der Waals surface area contributed by atoms with Crippen molar-refractivity contribution in [3.05, 3.63) is 125 Å². The van der Waals surface area contributed by atoms with Crippen molar-refractivity contribution < 1.29 is 5.11 Å². The number of aromatic hydroxyl groups is 1. The van der Waals surface area contributed by atoms with E-state index in [1.165, 1.54) is 27.8 Å². The normalized spacial score (nSPS) is 19.2. The summed E-state index contributed by atoms with van der Waals surface area (Å²) < 4.78 is 0. The molecule has 0 amide bonds. The number of benzene rings is 4. The standard InChI is InChI=1S/C33H32O/c1-5-32(2,3)33(4)22-21-28(25-16-11-12-18-29(25)33)31(23-13-7-6-8-14-23)27-19-20-30(34)26-17-10-9-15-24(26)27/h6-22,34H,5H2,1-4H3/b31-28+. The lowest BCUT2D eigenvalue weighted by Gasteiger charge is -2.45. The highest BCUT2D eigenvalue weighted by Gasteiger charge is 2.42. The molecule has 4 aromatic carbocycles. The minimum absolute atomic E-state index is 0.0688. The van der Waals surface area contributed by atoms with E-state index < -0.39 is 0 Å². The van der Waals surface area contributed by atoms with Gasteiger partial charge in [0.25, 0.3) is 0 Å². The molecule has 0 fully saturated rings. The second-order valence-corrected chi connectivity index (χ2v) is 10.2. The Hall–Kier alpha value is -3.58. The van der Waals surface area contributed by atoms with Crippen LogP contribution in [0, 0.1) is 5.41 Å². The van der Waals surface area contributed by atoms with Gasteiger partial charge in [-0.3, -0.25) is 0 Å². The zero-order valence-electron chi connectivity index (χ0n) is 20.5. The number of allylic oxidation sites excluding steroid dienone is 3. The molecule has 0 aromatic heterocycles. The van der Waals surface area contributed by atoms with Crippen LogP contribution in [0.15, 0.2) is 103 Å². The average molecular weight is 445 g/mol. The molecule has 1 unspecified atom stereocenters. The SMILES string of the molecule is CCC(C)(C)C1(C)C=C/C(=C(/c2ccccc2)c2ccc(O)c3ccccc23)c2ccccc21. The van der Waals surface area contributed by atoms with Crippen LogP contribution in [0.2, 0.25) is 0 Å². The quantitative estimate of drug-likeness (QED) is 0.333. The molecular weight excluding hydrogens is 412 g/mol. The van der Waals surface area contributed by atoms with Gasteiger partial charge in [-0.25, -0.2) is 0 Å². The summed E-state index contributed by atoms with van der Waals surface area (Å²) in [6.07, 6.45) is 5.85. The average Bonchev–Trinajstić information content (AvgIpc) is 2.87. The van der Waals surface area contributed by atoms with Gasteiger partial charge in [0.2, 0.25) is 0 Å². The molecule has 0 bridgehead atoms. The minimum atomic E-state index is -0.0688. The molecule has 1 heteroatoms. The summed E-state index contributed by atoms with van der Waals surface area (Å²) in [5.41, 5.74) is 7.42. The van der Waals surface area contributed by atoms with E-state index in [0.29, 0.717) is 5.75 Å². The van der Waals surface area contributed by atoms with Gasteiger partial charge in [0.1, 0.15) is 5.75 Å². The maximum Gasteiger partial charge on any atom is 0.123 e. The summed E-state index contributed by atoms with van der Waals surface area (Å²) >= 11 is 0. The molecule has 1 aliphatic rings. The Kier molecular flexibility index (Phi) is 5.44. The fourth-order valence-electron chi connectivity index (χ4n) is 5.34. The fraction of sp³-hybridized carbons (Fsp3) is 0.212. The predicted octanol–water partition coefficient (Wildman–Crippen LogP) is 8.77. The van der Waals surface area contributed by atoms with Crippen LogP contribution in [0.4, 0.5) is 0 Å². The molecule has 0 radical (unpaired) electrons. The third-order valence-electron chi connectivity index (χ3n) is 8.15. The summed E-state index contributed by atoms with van der Waals surface area (Å²) in [7, 11) is 0. The second-order valence-electron chi connectivity index (χ2n) is 10.2. The van der Waals surface area contributed by atoms with E-state index in [1.54, 1.807) is 0 Å². The highest BCUT2D eigenvalue weighted by molar-refractivity contribution is 6.10. The summed E-state index contributed by atoms with van der Waals surface area (Å²) in [5, 5.41) is 12.5. The molecule has 1 nitrogen and oxygen atoms in total. The molecule has 0 heterocycles. The van der Waals surface area contributed by atoms with Gasteiger partial charge in [0.05, 0.1) is 0 Å². The van der Waals surface area contributed by atoms with Gasteiger partial charge in [-0.05, 0) is 56.7 Å². The zero-order chi connectivity index (χ0) is 23.9. The Morgan fingerprint density at radius 2 is 1.44 bits per heavy atom. The van der Waals surface area contributed by atoms with Crippen LogP contribution >= 0.6 is 0 Å². The van der Waals surface area contributed by atoms with Crippen molar-refractivity contribution in [1.82, 2.24) is 0 Å². The second kappa shape index (κ2) is 8.33. The lowest BCUT2D eigenvalue weighted by Crippen LogP contribution is -2.39. The van der Waals surface area contributed by atoms with Gasteiger partial charge in [-0.15, -0.1) is 0 Å². The largest absolute Gasteiger partial charge is 0.507 e. The number of phenols is 1. The van der Waals surface area contributed by atoms with Gasteiger partial charge >= 0.3 is 0 Å². The van der Waals surface area contributed by atoms with Gasteiger partial charge < -0.3 is 5.11 Å². The van der Waals surface area contributed by atoms with Crippen molar-refractivity contribution in [3.8, 4) is 5.75 Å². The Balaban J connectivity index is 1.89. The van der Waals surface area contributed by atoms with E-state index >= 15 is 0 Å². The van der Waals surface area contributed by atoms with Crippen molar-refractivity contribution in [1.29, 1.82) is 0 Å². The summed E-state index contributed by atoms with van der Waals surface area (Å²) in [5.74, 6) is 0.314. The molecular formula is C33H32O. The maximum absolute atomic E-state index is 10.6. The Bertz CT molecular complexity index is 1420. The van der Waals surface area contributed by atoms with Crippen molar-refractivity contribution in [3.63, 3.8) is 0 Å². The molecule has 0 saturated heterocycles. The van der Waals surface area contributed by atoms with Crippen LogP contribution < -0.4 is 0 Å². The molecule has 1 N–H and O–H groups in total. The smallest absolute Gasteiger partial charge is 0.123 e. The van der Waals surface area contributed by atoms with Crippen LogP contribution in [-0.4, -0.2) is 5.11 Å². The molecule has 1 aliphatic carbocycles. The van der Waals surface area contributed by atoms with Crippen molar-refractivity contribution in [2.24, 2.45) is 5.41 Å². The highest BCUT2D eigenvalue weighted by atomic mass is 16.3. The summed E-state index contributed by atoms with van der Waals surface area (Å²) in [4.78, 5) is 0. The summed E-state index contributed by atoms with van der Waals surface area (Å²) in [6, 6.07) is 31.5. The topological polar surface area (TPSA) is 20.2 Å². The lowest BCUT2D eigenvalue weighted by atomic mass is 9.58. The Morgan fingerprint density at radius 1 is 0.794 bits per heavy atom. The monoisotopic (exact) mass is 444 g/mol. The van der Waals surface area contributed by atoms with Crippen molar-refractivity contribution in [2.75, 3.05) is 0 Å². The molecule has 34 heavy (non-hydrogen) atoms. The number of rotatable bonds is 4. The fourth-order valence-corrected chi connectivity index (χ4v) is 5.34. The first-order valence-corrected chi connectivity index (χ1v) is 12.2. The predicted molar refractivity (Wildman–Crippen MR) is 145 cm³/mol. The Morgan fingerprint density at radius 3 is 2.18 bits per heavy atom. The van der Waals surface area contributed by atoms with Crippen LogP contribution in [0.1, 0.15) is 56.4 Å². The van der Waals surface area contributed by atoms with Crippen molar-refractivity contribution >= 4 is 21.9 Å². The third-order valence-corrected chi connectivity index (χ3v) is 8.15. The molecule has 1 atom stereocenters. The van der Waals surface area contributed by atoms with E-state index in [4.69, 9.17) is 0 Å². The van der Waals surface area contributed by atoms with E-state index in [1.807, 2.05) is 24.3 Å². The van der Waals surface area contributed by atoms with E-state index in [9.17, 15) is 5.11 Å². The first-order valence-electron chi connectivity index (χ1n) is 12.2. The maximum atomic E-state index is 10.6. The van der Waals surface area contributed by atoms with Gasteiger partial charge in [-0.1, -0.05) is 125 Å². The first kappa shape index (κ1) is 22.2.